The number of carbonyl (C=O) groups excluding carboxylic acids is 1. The highest BCUT2D eigenvalue weighted by molar-refractivity contribution is 6.32. The zero-order valence-corrected chi connectivity index (χ0v) is 12.4. The smallest absolute Gasteiger partial charge is 0.409 e. The molecule has 21 heavy (non-hydrogen) atoms. The largest absolute Gasteiger partial charge is 0.450 e. The molecular formula is C14H15ClFN3O2. The quantitative estimate of drug-likeness (QED) is 0.842. The van der Waals surface area contributed by atoms with E-state index in [1.165, 1.54) is 6.07 Å². The van der Waals surface area contributed by atoms with Crippen LogP contribution >= 0.6 is 11.6 Å². The van der Waals surface area contributed by atoms with E-state index in [-0.39, 0.29) is 16.7 Å². The summed E-state index contributed by atoms with van der Waals surface area (Å²) in [6.07, 6.45) is -0.351. The third-order valence-corrected chi connectivity index (χ3v) is 3.62. The molecule has 0 saturated carbocycles. The fourth-order valence-electron chi connectivity index (χ4n) is 2.21. The molecule has 1 fully saturated rings. The molecule has 0 aliphatic carbocycles. The summed E-state index contributed by atoms with van der Waals surface area (Å²) in [6.45, 7) is 3.96. The van der Waals surface area contributed by atoms with Crippen molar-refractivity contribution in [3.8, 4) is 6.07 Å². The van der Waals surface area contributed by atoms with E-state index in [9.17, 15) is 9.18 Å². The number of nitriles is 1. The number of amides is 1. The fraction of sp³-hybridized carbons (Fsp3) is 0.429. The molecule has 1 aromatic carbocycles. The van der Waals surface area contributed by atoms with E-state index in [2.05, 4.69) is 0 Å². The van der Waals surface area contributed by atoms with Crippen LogP contribution in [0.5, 0.6) is 0 Å². The van der Waals surface area contributed by atoms with E-state index in [0.29, 0.717) is 38.5 Å². The molecule has 0 N–H and O–H groups in total. The average Bonchev–Trinajstić information content (AvgIpc) is 2.49. The molecule has 1 aromatic rings. The third-order valence-electron chi connectivity index (χ3n) is 3.30. The molecule has 5 nitrogen and oxygen atoms in total. The molecule has 112 valence electrons. The standard InChI is InChI=1S/C14H15ClFN3O2/c1-2-21-14(20)19-5-3-18(4-6-19)13-8-11(15)10(9-17)7-12(13)16/h7-8H,2-6H2,1H3. The Morgan fingerprint density at radius 2 is 2.10 bits per heavy atom. The summed E-state index contributed by atoms with van der Waals surface area (Å²) >= 11 is 5.94. The van der Waals surface area contributed by atoms with Gasteiger partial charge in [0, 0.05) is 26.2 Å². The molecule has 1 saturated heterocycles. The molecule has 0 unspecified atom stereocenters. The Morgan fingerprint density at radius 3 is 2.67 bits per heavy atom. The van der Waals surface area contributed by atoms with E-state index in [1.54, 1.807) is 16.7 Å². The van der Waals surface area contributed by atoms with Crippen LogP contribution in [0.3, 0.4) is 0 Å². The van der Waals surface area contributed by atoms with Crippen molar-refractivity contribution in [2.75, 3.05) is 37.7 Å². The number of carbonyl (C=O) groups is 1. The molecule has 7 heteroatoms. The minimum atomic E-state index is -0.486. The van der Waals surface area contributed by atoms with Crippen LogP contribution in [0.4, 0.5) is 14.9 Å². The van der Waals surface area contributed by atoms with Gasteiger partial charge in [0.1, 0.15) is 11.9 Å². The van der Waals surface area contributed by atoms with Gasteiger partial charge in [-0.3, -0.25) is 0 Å². The van der Waals surface area contributed by atoms with Gasteiger partial charge in [-0.1, -0.05) is 11.6 Å². The minimum Gasteiger partial charge on any atom is -0.450 e. The molecule has 1 heterocycles. The number of hydrogen-bond acceptors (Lipinski definition) is 4. The summed E-state index contributed by atoms with van der Waals surface area (Å²) < 4.78 is 19.0. The van der Waals surface area contributed by atoms with E-state index in [0.717, 1.165) is 6.07 Å². The Morgan fingerprint density at radius 1 is 1.43 bits per heavy atom. The first-order valence-corrected chi connectivity index (χ1v) is 7.00. The Kier molecular flexibility index (Phi) is 4.86. The fourth-order valence-corrected chi connectivity index (χ4v) is 2.41. The van der Waals surface area contributed by atoms with Gasteiger partial charge in [0.25, 0.3) is 0 Å². The van der Waals surface area contributed by atoms with E-state index in [1.807, 2.05) is 6.07 Å². The van der Waals surface area contributed by atoms with Crippen molar-refractivity contribution in [2.45, 2.75) is 6.92 Å². The number of rotatable bonds is 2. The van der Waals surface area contributed by atoms with Gasteiger partial charge in [-0.05, 0) is 19.1 Å². The van der Waals surface area contributed by atoms with Gasteiger partial charge in [-0.15, -0.1) is 0 Å². The monoisotopic (exact) mass is 311 g/mol. The zero-order valence-electron chi connectivity index (χ0n) is 11.6. The summed E-state index contributed by atoms with van der Waals surface area (Å²) in [7, 11) is 0. The lowest BCUT2D eigenvalue weighted by atomic mass is 10.2. The second-order valence-electron chi connectivity index (χ2n) is 4.57. The summed E-state index contributed by atoms with van der Waals surface area (Å²) in [5.74, 6) is -0.486. The van der Waals surface area contributed by atoms with Gasteiger partial charge in [0.15, 0.2) is 0 Å². The molecule has 1 amide bonds. The van der Waals surface area contributed by atoms with Crippen molar-refractivity contribution in [2.24, 2.45) is 0 Å². The van der Waals surface area contributed by atoms with Crippen molar-refractivity contribution >= 4 is 23.4 Å². The summed E-state index contributed by atoms with van der Waals surface area (Å²) in [5.41, 5.74) is 0.464. The molecule has 0 spiro atoms. The topological polar surface area (TPSA) is 56.6 Å². The van der Waals surface area contributed by atoms with Gasteiger partial charge in [0.05, 0.1) is 22.9 Å². The van der Waals surface area contributed by atoms with Crippen molar-refractivity contribution in [1.82, 2.24) is 4.90 Å². The maximum Gasteiger partial charge on any atom is 0.409 e. The van der Waals surface area contributed by atoms with Crippen LogP contribution in [0, 0.1) is 17.1 Å². The lowest BCUT2D eigenvalue weighted by Gasteiger charge is -2.35. The highest BCUT2D eigenvalue weighted by Gasteiger charge is 2.24. The first kappa shape index (κ1) is 15.4. The summed E-state index contributed by atoms with van der Waals surface area (Å²) in [5, 5.41) is 9.04. The van der Waals surface area contributed by atoms with Crippen molar-refractivity contribution in [3.63, 3.8) is 0 Å². The predicted molar refractivity (Wildman–Crippen MR) is 76.9 cm³/mol. The number of nitrogens with zero attached hydrogens (tertiary/aromatic N) is 3. The zero-order chi connectivity index (χ0) is 15.4. The van der Waals surface area contributed by atoms with Crippen LogP contribution in [-0.4, -0.2) is 43.8 Å². The van der Waals surface area contributed by atoms with Crippen LogP contribution in [-0.2, 0) is 4.74 Å². The highest BCUT2D eigenvalue weighted by atomic mass is 35.5. The van der Waals surface area contributed by atoms with Gasteiger partial charge in [-0.25, -0.2) is 9.18 Å². The lowest BCUT2D eigenvalue weighted by Crippen LogP contribution is -2.49. The number of ether oxygens (including phenoxy) is 1. The molecular weight excluding hydrogens is 297 g/mol. The average molecular weight is 312 g/mol. The third kappa shape index (κ3) is 3.37. The highest BCUT2D eigenvalue weighted by Crippen LogP contribution is 2.27. The summed E-state index contributed by atoms with van der Waals surface area (Å²) in [4.78, 5) is 15.0. The number of hydrogen-bond donors (Lipinski definition) is 0. The molecule has 0 aromatic heterocycles. The molecule has 0 radical (unpaired) electrons. The van der Waals surface area contributed by atoms with Gasteiger partial charge >= 0.3 is 6.09 Å². The number of benzene rings is 1. The Bertz CT molecular complexity index is 580. The number of piperazine rings is 1. The van der Waals surface area contributed by atoms with Crippen molar-refractivity contribution in [1.29, 1.82) is 5.26 Å². The van der Waals surface area contributed by atoms with Crippen LogP contribution in [0.1, 0.15) is 12.5 Å². The normalized spacial score (nSPS) is 14.8. The molecule has 0 atom stereocenters. The van der Waals surface area contributed by atoms with Crippen LogP contribution < -0.4 is 4.90 Å². The van der Waals surface area contributed by atoms with Crippen LogP contribution in [0.25, 0.3) is 0 Å². The minimum absolute atomic E-state index is 0.114. The maximum absolute atomic E-state index is 14.0. The van der Waals surface area contributed by atoms with Gasteiger partial charge < -0.3 is 14.5 Å². The Hall–Kier alpha value is -2.00. The Balaban J connectivity index is 2.08. The second-order valence-corrected chi connectivity index (χ2v) is 4.98. The van der Waals surface area contributed by atoms with E-state index < -0.39 is 5.82 Å². The second kappa shape index (κ2) is 6.64. The van der Waals surface area contributed by atoms with E-state index in [4.69, 9.17) is 21.6 Å². The lowest BCUT2D eigenvalue weighted by molar-refractivity contribution is 0.105. The van der Waals surface area contributed by atoms with Crippen LogP contribution in [0.2, 0.25) is 5.02 Å². The van der Waals surface area contributed by atoms with Crippen LogP contribution in [0.15, 0.2) is 12.1 Å². The summed E-state index contributed by atoms with van der Waals surface area (Å²) in [6, 6.07) is 4.43. The molecule has 1 aliphatic rings. The van der Waals surface area contributed by atoms with Crippen molar-refractivity contribution in [3.05, 3.63) is 28.5 Å². The first-order valence-electron chi connectivity index (χ1n) is 6.62. The van der Waals surface area contributed by atoms with Gasteiger partial charge in [-0.2, -0.15) is 5.26 Å². The Labute approximate surface area is 127 Å². The van der Waals surface area contributed by atoms with E-state index >= 15 is 0 Å². The van der Waals surface area contributed by atoms with Crippen molar-refractivity contribution < 1.29 is 13.9 Å². The molecule has 0 bridgehead atoms. The molecule has 1 aliphatic heterocycles. The maximum atomic E-state index is 14.0. The number of halogens is 2. The number of anilines is 1. The molecule has 2 rings (SSSR count). The first-order chi connectivity index (χ1) is 10.1. The SMILES string of the molecule is CCOC(=O)N1CCN(c2cc(Cl)c(C#N)cc2F)CC1. The van der Waals surface area contributed by atoms with Gasteiger partial charge in [0.2, 0.25) is 0 Å². The predicted octanol–water partition coefficient (Wildman–Crippen LogP) is 2.63.